The van der Waals surface area contributed by atoms with Crippen LogP contribution in [0.15, 0.2) is 23.2 Å². The first-order chi connectivity index (χ1) is 9.03. The van der Waals surface area contributed by atoms with Crippen LogP contribution in [-0.4, -0.2) is 31.2 Å². The van der Waals surface area contributed by atoms with Gasteiger partial charge in [-0.25, -0.2) is 18.1 Å². The van der Waals surface area contributed by atoms with Crippen molar-refractivity contribution in [3.8, 4) is 0 Å². The molecule has 1 saturated carbocycles. The van der Waals surface area contributed by atoms with Crippen molar-refractivity contribution < 1.29 is 13.5 Å². The molecular formula is C12H19N3O3S. The number of nitrogens with one attached hydrogen (secondary N) is 1. The van der Waals surface area contributed by atoms with Crippen LogP contribution in [0.4, 0.5) is 5.82 Å². The van der Waals surface area contributed by atoms with E-state index in [4.69, 9.17) is 5.73 Å². The first-order valence-corrected chi connectivity index (χ1v) is 7.86. The largest absolute Gasteiger partial charge is 0.396 e. The molecule has 2 atom stereocenters. The molecule has 0 spiro atoms. The Labute approximate surface area is 113 Å². The summed E-state index contributed by atoms with van der Waals surface area (Å²) in [6.45, 7) is 0.00712. The Balaban J connectivity index is 2.14. The van der Waals surface area contributed by atoms with E-state index in [1.54, 1.807) is 0 Å². The van der Waals surface area contributed by atoms with E-state index in [1.165, 1.54) is 18.3 Å². The van der Waals surface area contributed by atoms with Gasteiger partial charge in [0.15, 0.2) is 0 Å². The fraction of sp³-hybridized carbons (Fsp3) is 0.583. The monoisotopic (exact) mass is 285 g/mol. The molecule has 2 rings (SSSR count). The quantitative estimate of drug-likeness (QED) is 0.747. The van der Waals surface area contributed by atoms with Crippen LogP contribution < -0.4 is 10.5 Å². The number of aromatic nitrogens is 1. The van der Waals surface area contributed by atoms with Crippen LogP contribution in [0.3, 0.4) is 0 Å². The standard InChI is InChI=1S/C12H19N3O3S/c13-12-6-5-10(7-14-12)19(17,18)15-11-4-2-1-3-9(11)8-16/h5-7,9,11,15-16H,1-4,8H2,(H2,13,14). The molecule has 1 fully saturated rings. The summed E-state index contributed by atoms with van der Waals surface area (Å²) in [5.41, 5.74) is 5.44. The number of aliphatic hydroxyl groups is 1. The van der Waals surface area contributed by atoms with Crippen LogP contribution >= 0.6 is 0 Å². The van der Waals surface area contributed by atoms with Gasteiger partial charge in [-0.1, -0.05) is 12.8 Å². The molecule has 1 aliphatic rings. The van der Waals surface area contributed by atoms with Crippen molar-refractivity contribution in [2.45, 2.75) is 36.6 Å². The molecule has 0 aromatic carbocycles. The van der Waals surface area contributed by atoms with Crippen molar-refractivity contribution in [2.24, 2.45) is 5.92 Å². The molecule has 1 aromatic rings. The van der Waals surface area contributed by atoms with Crippen molar-refractivity contribution in [3.63, 3.8) is 0 Å². The number of aliphatic hydroxyl groups excluding tert-OH is 1. The van der Waals surface area contributed by atoms with Crippen molar-refractivity contribution in [3.05, 3.63) is 18.3 Å². The van der Waals surface area contributed by atoms with Crippen LogP contribution in [0.1, 0.15) is 25.7 Å². The van der Waals surface area contributed by atoms with Gasteiger partial charge in [0.2, 0.25) is 10.0 Å². The number of rotatable bonds is 4. The molecule has 19 heavy (non-hydrogen) atoms. The highest BCUT2D eigenvalue weighted by molar-refractivity contribution is 7.89. The highest BCUT2D eigenvalue weighted by Crippen LogP contribution is 2.25. The van der Waals surface area contributed by atoms with Crippen LogP contribution in [-0.2, 0) is 10.0 Å². The lowest BCUT2D eigenvalue weighted by Gasteiger charge is -2.30. The molecule has 6 nitrogen and oxygen atoms in total. The zero-order valence-corrected chi connectivity index (χ0v) is 11.4. The van der Waals surface area contributed by atoms with Gasteiger partial charge in [0.05, 0.1) is 0 Å². The van der Waals surface area contributed by atoms with Crippen molar-refractivity contribution in [2.75, 3.05) is 12.3 Å². The molecule has 7 heteroatoms. The van der Waals surface area contributed by atoms with Gasteiger partial charge < -0.3 is 10.8 Å². The first-order valence-electron chi connectivity index (χ1n) is 6.37. The number of hydrogen-bond donors (Lipinski definition) is 3. The van der Waals surface area contributed by atoms with Crippen molar-refractivity contribution in [1.82, 2.24) is 9.71 Å². The maximum absolute atomic E-state index is 12.2. The molecule has 0 bridgehead atoms. The van der Waals surface area contributed by atoms with Gasteiger partial charge in [-0.15, -0.1) is 0 Å². The molecule has 0 radical (unpaired) electrons. The van der Waals surface area contributed by atoms with Gasteiger partial charge in [-0.3, -0.25) is 0 Å². The number of nitrogen functional groups attached to an aromatic ring is 1. The topological polar surface area (TPSA) is 105 Å². The Morgan fingerprint density at radius 1 is 1.37 bits per heavy atom. The van der Waals surface area contributed by atoms with E-state index < -0.39 is 10.0 Å². The number of hydrogen-bond acceptors (Lipinski definition) is 5. The minimum Gasteiger partial charge on any atom is -0.396 e. The molecule has 0 saturated heterocycles. The molecule has 4 N–H and O–H groups in total. The summed E-state index contributed by atoms with van der Waals surface area (Å²) in [6.07, 6.45) is 4.86. The molecule has 1 aliphatic carbocycles. The minimum atomic E-state index is -3.60. The zero-order valence-electron chi connectivity index (χ0n) is 10.6. The summed E-state index contributed by atoms with van der Waals surface area (Å²) in [5.74, 6) is 0.273. The first kappa shape index (κ1) is 14.2. The number of nitrogens with zero attached hydrogens (tertiary/aromatic N) is 1. The van der Waals surface area contributed by atoms with Gasteiger partial charge in [-0.05, 0) is 30.9 Å². The Morgan fingerprint density at radius 3 is 2.74 bits per heavy atom. The zero-order chi connectivity index (χ0) is 13.9. The molecule has 1 heterocycles. The number of anilines is 1. The lowest BCUT2D eigenvalue weighted by atomic mass is 9.86. The normalized spacial score (nSPS) is 24.3. The minimum absolute atomic E-state index is 0.00712. The van der Waals surface area contributed by atoms with Crippen LogP contribution in [0.25, 0.3) is 0 Å². The SMILES string of the molecule is Nc1ccc(S(=O)(=O)NC2CCCCC2CO)cn1. The van der Waals surface area contributed by atoms with Crippen molar-refractivity contribution >= 4 is 15.8 Å². The lowest BCUT2D eigenvalue weighted by molar-refractivity contribution is 0.164. The maximum atomic E-state index is 12.2. The van der Waals surface area contributed by atoms with E-state index in [0.717, 1.165) is 25.7 Å². The highest BCUT2D eigenvalue weighted by Gasteiger charge is 2.29. The third-order valence-electron chi connectivity index (χ3n) is 3.52. The molecule has 2 unspecified atom stereocenters. The Kier molecular flexibility index (Phi) is 4.38. The number of sulfonamides is 1. The van der Waals surface area contributed by atoms with E-state index in [0.29, 0.717) is 0 Å². The summed E-state index contributed by atoms with van der Waals surface area (Å²) in [4.78, 5) is 3.89. The second-order valence-corrected chi connectivity index (χ2v) is 6.59. The predicted molar refractivity (Wildman–Crippen MR) is 71.8 cm³/mol. The summed E-state index contributed by atoms with van der Waals surface area (Å²) in [6, 6.07) is 2.68. The fourth-order valence-electron chi connectivity index (χ4n) is 2.40. The van der Waals surface area contributed by atoms with Gasteiger partial charge in [0.25, 0.3) is 0 Å². The lowest BCUT2D eigenvalue weighted by Crippen LogP contribution is -2.43. The van der Waals surface area contributed by atoms with Gasteiger partial charge in [0, 0.05) is 18.8 Å². The van der Waals surface area contributed by atoms with E-state index in [-0.39, 0.29) is 29.3 Å². The van der Waals surface area contributed by atoms with Gasteiger partial charge >= 0.3 is 0 Å². The van der Waals surface area contributed by atoms with E-state index in [1.807, 2.05) is 0 Å². The molecule has 106 valence electrons. The van der Waals surface area contributed by atoms with Gasteiger partial charge in [0.1, 0.15) is 10.7 Å². The Hall–Kier alpha value is -1.18. The molecular weight excluding hydrogens is 266 g/mol. The third-order valence-corrected chi connectivity index (χ3v) is 4.99. The predicted octanol–water partition coefficient (Wildman–Crippen LogP) is 0.493. The summed E-state index contributed by atoms with van der Waals surface area (Å²) in [5, 5.41) is 9.30. The van der Waals surface area contributed by atoms with E-state index in [9.17, 15) is 13.5 Å². The third kappa shape index (κ3) is 3.43. The molecule has 0 amide bonds. The molecule has 0 aliphatic heterocycles. The highest BCUT2D eigenvalue weighted by atomic mass is 32.2. The average Bonchev–Trinajstić information content (AvgIpc) is 2.39. The number of nitrogens with two attached hydrogens (primary N) is 1. The second kappa shape index (κ2) is 5.85. The summed E-state index contributed by atoms with van der Waals surface area (Å²) < 4.78 is 27.1. The second-order valence-electron chi connectivity index (χ2n) is 4.87. The molecule has 1 aromatic heterocycles. The van der Waals surface area contributed by atoms with Crippen LogP contribution in [0, 0.1) is 5.92 Å². The maximum Gasteiger partial charge on any atom is 0.242 e. The smallest absolute Gasteiger partial charge is 0.242 e. The number of pyridine rings is 1. The van der Waals surface area contributed by atoms with Gasteiger partial charge in [-0.2, -0.15) is 0 Å². The van der Waals surface area contributed by atoms with E-state index >= 15 is 0 Å². The Morgan fingerprint density at radius 2 is 2.11 bits per heavy atom. The fourth-order valence-corrected chi connectivity index (χ4v) is 3.68. The summed E-state index contributed by atoms with van der Waals surface area (Å²) in [7, 11) is -3.60. The van der Waals surface area contributed by atoms with Crippen molar-refractivity contribution in [1.29, 1.82) is 0 Å². The average molecular weight is 285 g/mol. The Bertz CT molecular complexity index is 516. The van der Waals surface area contributed by atoms with E-state index in [2.05, 4.69) is 9.71 Å². The van der Waals surface area contributed by atoms with Crippen LogP contribution in [0.5, 0.6) is 0 Å². The van der Waals surface area contributed by atoms with Crippen LogP contribution in [0.2, 0.25) is 0 Å². The summed E-state index contributed by atoms with van der Waals surface area (Å²) >= 11 is 0.